The van der Waals surface area contributed by atoms with Crippen molar-refractivity contribution < 1.29 is 0 Å². The minimum absolute atomic E-state index is 0.807. The number of hydrogen-bond donors (Lipinski definition) is 0. The highest BCUT2D eigenvalue weighted by Gasteiger charge is 1.80. The standard InChI is InChI=1S/C7H10Br2/c8-6-4-2-1-3-5-7-9/h1-2,4,6-7H2. The molecule has 0 aromatic rings. The lowest BCUT2D eigenvalue weighted by molar-refractivity contribution is 0.841. The van der Waals surface area contributed by atoms with Crippen molar-refractivity contribution in [1.29, 1.82) is 0 Å². The molecule has 0 bridgehead atoms. The Morgan fingerprint density at radius 1 is 1.00 bits per heavy atom. The molecule has 0 aliphatic heterocycles. The zero-order valence-corrected chi connectivity index (χ0v) is 8.46. The van der Waals surface area contributed by atoms with Crippen molar-refractivity contribution in [1.82, 2.24) is 0 Å². The summed E-state index contributed by atoms with van der Waals surface area (Å²) >= 11 is 6.60. The second-order valence-corrected chi connectivity index (χ2v) is 2.99. The highest BCUT2D eigenvalue weighted by Crippen LogP contribution is 1.96. The van der Waals surface area contributed by atoms with Gasteiger partial charge in [-0.1, -0.05) is 37.8 Å². The fourth-order valence-corrected chi connectivity index (χ4v) is 1.04. The van der Waals surface area contributed by atoms with Crippen molar-refractivity contribution in [2.24, 2.45) is 0 Å². The summed E-state index contributed by atoms with van der Waals surface area (Å²) < 4.78 is 0. The summed E-state index contributed by atoms with van der Waals surface area (Å²) in [6, 6.07) is 0. The molecule has 0 spiro atoms. The van der Waals surface area contributed by atoms with Crippen LogP contribution in [0.4, 0.5) is 0 Å². The Balaban J connectivity index is 2.90. The van der Waals surface area contributed by atoms with E-state index in [0.29, 0.717) is 0 Å². The van der Waals surface area contributed by atoms with E-state index in [-0.39, 0.29) is 0 Å². The van der Waals surface area contributed by atoms with Crippen LogP contribution in [0, 0.1) is 11.8 Å². The van der Waals surface area contributed by atoms with Gasteiger partial charge in [0.2, 0.25) is 0 Å². The molecule has 0 radical (unpaired) electrons. The smallest absolute Gasteiger partial charge is 0.0645 e. The highest BCUT2D eigenvalue weighted by molar-refractivity contribution is 9.09. The summed E-state index contributed by atoms with van der Waals surface area (Å²) in [6.45, 7) is 0. The Hall–Kier alpha value is 0.520. The summed E-state index contributed by atoms with van der Waals surface area (Å²) in [4.78, 5) is 0. The Bertz CT molecular complexity index is 99.2. The van der Waals surface area contributed by atoms with Crippen molar-refractivity contribution in [3.05, 3.63) is 0 Å². The largest absolute Gasteiger partial charge is 0.102 e. The Kier molecular flexibility index (Phi) is 9.01. The fraction of sp³-hybridized carbons (Fsp3) is 0.714. The predicted octanol–water partition coefficient (Wildman–Crippen LogP) is 2.95. The zero-order chi connectivity index (χ0) is 6.95. The molecule has 0 aromatic heterocycles. The van der Waals surface area contributed by atoms with Gasteiger partial charge in [0.05, 0.1) is 5.33 Å². The molecule has 0 N–H and O–H groups in total. The van der Waals surface area contributed by atoms with Crippen LogP contribution in [-0.2, 0) is 0 Å². The van der Waals surface area contributed by atoms with Gasteiger partial charge in [-0.05, 0) is 12.8 Å². The van der Waals surface area contributed by atoms with Crippen LogP contribution in [0.1, 0.15) is 19.3 Å². The van der Waals surface area contributed by atoms with E-state index in [4.69, 9.17) is 0 Å². The number of hydrogen-bond acceptors (Lipinski definition) is 0. The minimum Gasteiger partial charge on any atom is -0.102 e. The van der Waals surface area contributed by atoms with E-state index in [1.54, 1.807) is 0 Å². The van der Waals surface area contributed by atoms with Gasteiger partial charge in [0.15, 0.2) is 0 Å². The van der Waals surface area contributed by atoms with Crippen LogP contribution >= 0.6 is 31.9 Å². The van der Waals surface area contributed by atoms with Crippen LogP contribution in [-0.4, -0.2) is 10.7 Å². The summed E-state index contributed by atoms with van der Waals surface area (Å²) in [7, 11) is 0. The van der Waals surface area contributed by atoms with E-state index in [2.05, 4.69) is 43.7 Å². The lowest BCUT2D eigenvalue weighted by Gasteiger charge is -1.86. The molecule has 0 rings (SSSR count). The fourth-order valence-electron chi connectivity index (χ4n) is 0.444. The summed E-state index contributed by atoms with van der Waals surface area (Å²) in [5, 5.41) is 1.91. The maximum Gasteiger partial charge on any atom is 0.0645 e. The third kappa shape index (κ3) is 8.52. The number of alkyl halides is 2. The third-order valence-electron chi connectivity index (χ3n) is 0.877. The molecule has 0 unspecified atom stereocenters. The van der Waals surface area contributed by atoms with E-state index >= 15 is 0 Å². The lowest BCUT2D eigenvalue weighted by Crippen LogP contribution is -1.73. The molecule has 0 nitrogen and oxygen atoms in total. The second kappa shape index (κ2) is 8.52. The Labute approximate surface area is 73.7 Å². The third-order valence-corrected chi connectivity index (χ3v) is 1.72. The van der Waals surface area contributed by atoms with Crippen LogP contribution in [0.15, 0.2) is 0 Å². The van der Waals surface area contributed by atoms with E-state index < -0.39 is 0 Å². The Morgan fingerprint density at radius 2 is 1.78 bits per heavy atom. The average molecular weight is 254 g/mol. The molecule has 9 heavy (non-hydrogen) atoms. The van der Waals surface area contributed by atoms with Crippen molar-refractivity contribution in [3.8, 4) is 11.8 Å². The highest BCUT2D eigenvalue weighted by atomic mass is 79.9. The molecule has 0 aliphatic carbocycles. The summed E-state index contributed by atoms with van der Waals surface area (Å²) in [5.74, 6) is 6.01. The van der Waals surface area contributed by atoms with Gasteiger partial charge in [0.1, 0.15) is 0 Å². The summed E-state index contributed by atoms with van der Waals surface area (Å²) in [6.07, 6.45) is 3.49. The van der Waals surface area contributed by atoms with E-state index in [0.717, 1.165) is 17.1 Å². The Morgan fingerprint density at radius 3 is 2.33 bits per heavy atom. The molecule has 0 heterocycles. The molecule has 52 valence electrons. The van der Waals surface area contributed by atoms with Crippen LogP contribution < -0.4 is 0 Å². The van der Waals surface area contributed by atoms with E-state index in [9.17, 15) is 0 Å². The van der Waals surface area contributed by atoms with Gasteiger partial charge in [-0.3, -0.25) is 0 Å². The van der Waals surface area contributed by atoms with Crippen molar-refractivity contribution in [2.45, 2.75) is 19.3 Å². The van der Waals surface area contributed by atoms with Gasteiger partial charge >= 0.3 is 0 Å². The first-order chi connectivity index (χ1) is 4.41. The molecular weight excluding hydrogens is 244 g/mol. The molecule has 0 saturated heterocycles. The lowest BCUT2D eigenvalue weighted by atomic mass is 10.3. The maximum atomic E-state index is 3.36. The molecule has 0 saturated carbocycles. The number of rotatable bonds is 3. The predicted molar refractivity (Wildman–Crippen MR) is 49.2 cm³/mol. The van der Waals surface area contributed by atoms with Gasteiger partial charge in [-0.25, -0.2) is 0 Å². The van der Waals surface area contributed by atoms with Crippen molar-refractivity contribution >= 4 is 31.9 Å². The van der Waals surface area contributed by atoms with Crippen LogP contribution in [0.2, 0.25) is 0 Å². The molecule has 0 amide bonds. The first kappa shape index (κ1) is 9.52. The zero-order valence-electron chi connectivity index (χ0n) is 5.29. The molecule has 0 fully saturated rings. The van der Waals surface area contributed by atoms with E-state index in [1.807, 2.05) is 0 Å². The molecular formula is C7H10Br2. The topological polar surface area (TPSA) is 0 Å². The summed E-state index contributed by atoms with van der Waals surface area (Å²) in [5.41, 5.74) is 0. The quantitative estimate of drug-likeness (QED) is 0.412. The first-order valence-electron chi connectivity index (χ1n) is 2.99. The van der Waals surface area contributed by atoms with Gasteiger partial charge in [-0.2, -0.15) is 0 Å². The van der Waals surface area contributed by atoms with Crippen LogP contribution in [0.5, 0.6) is 0 Å². The maximum absolute atomic E-state index is 3.36. The van der Waals surface area contributed by atoms with Gasteiger partial charge in [0.25, 0.3) is 0 Å². The molecule has 2 heteroatoms. The molecule has 0 atom stereocenters. The minimum atomic E-state index is 0.807. The second-order valence-electron chi connectivity index (χ2n) is 1.63. The van der Waals surface area contributed by atoms with Gasteiger partial charge in [0, 0.05) is 11.8 Å². The monoisotopic (exact) mass is 252 g/mol. The van der Waals surface area contributed by atoms with Gasteiger partial charge < -0.3 is 0 Å². The normalized spacial score (nSPS) is 8.22. The first-order valence-corrected chi connectivity index (χ1v) is 5.23. The molecule has 0 aliphatic rings. The number of halogens is 2. The van der Waals surface area contributed by atoms with Crippen molar-refractivity contribution in [2.75, 3.05) is 10.7 Å². The average Bonchev–Trinajstić information content (AvgIpc) is 1.89. The SMILES string of the molecule is BrCC#CCCCCBr. The number of unbranched alkanes of at least 4 members (excludes halogenated alkanes) is 2. The van der Waals surface area contributed by atoms with Crippen LogP contribution in [0.25, 0.3) is 0 Å². The van der Waals surface area contributed by atoms with E-state index in [1.165, 1.54) is 12.8 Å². The van der Waals surface area contributed by atoms with Crippen molar-refractivity contribution in [3.63, 3.8) is 0 Å². The van der Waals surface area contributed by atoms with Gasteiger partial charge in [-0.15, -0.1) is 5.92 Å². The van der Waals surface area contributed by atoms with Crippen LogP contribution in [0.3, 0.4) is 0 Å². The molecule has 0 aromatic carbocycles.